The van der Waals surface area contributed by atoms with Crippen molar-refractivity contribution in [3.05, 3.63) is 23.6 Å². The molecule has 0 saturated heterocycles. The SMILES string of the molecule is Cn1cc(Nc2ncc(Cl)c(N[C@@H]3CCCCC(N)C3)n2)cn1. The van der Waals surface area contributed by atoms with E-state index in [1.54, 1.807) is 17.1 Å². The molecule has 2 aromatic rings. The zero-order chi connectivity index (χ0) is 16.2. The molecule has 0 bridgehead atoms. The molecular formula is C15H22ClN7. The molecule has 1 fully saturated rings. The van der Waals surface area contributed by atoms with E-state index in [2.05, 4.69) is 25.7 Å². The molecule has 2 heterocycles. The minimum atomic E-state index is 0.239. The van der Waals surface area contributed by atoms with Crippen LogP contribution in [0, 0.1) is 0 Å². The van der Waals surface area contributed by atoms with Gasteiger partial charge in [0.2, 0.25) is 5.95 Å². The second-order valence-electron chi connectivity index (χ2n) is 6.04. The molecule has 4 N–H and O–H groups in total. The summed E-state index contributed by atoms with van der Waals surface area (Å²) in [7, 11) is 1.86. The fourth-order valence-electron chi connectivity index (χ4n) is 2.87. The standard InChI is InChI=1S/C15H22ClN7/c1-23-9-12(7-19-23)21-15-18-8-13(16)14(22-15)20-11-5-3-2-4-10(17)6-11/h7-11H,2-6,17H2,1H3,(H2,18,20,21,22)/t10?,11-/m1/s1. The van der Waals surface area contributed by atoms with Gasteiger partial charge in [-0.3, -0.25) is 4.68 Å². The molecule has 1 saturated carbocycles. The third-order valence-corrected chi connectivity index (χ3v) is 4.29. The summed E-state index contributed by atoms with van der Waals surface area (Å²) in [6.07, 6.45) is 10.6. The molecule has 2 aromatic heterocycles. The first kappa shape index (κ1) is 16.0. The Morgan fingerprint density at radius 3 is 2.91 bits per heavy atom. The van der Waals surface area contributed by atoms with Crippen LogP contribution >= 0.6 is 11.6 Å². The lowest BCUT2D eigenvalue weighted by molar-refractivity contribution is 0.552. The molecule has 1 aliphatic rings. The zero-order valence-corrected chi connectivity index (χ0v) is 13.9. The van der Waals surface area contributed by atoms with Crippen LogP contribution in [0.2, 0.25) is 5.02 Å². The van der Waals surface area contributed by atoms with Crippen LogP contribution in [-0.2, 0) is 7.05 Å². The van der Waals surface area contributed by atoms with Gasteiger partial charge in [-0.15, -0.1) is 0 Å². The highest BCUT2D eigenvalue weighted by atomic mass is 35.5. The molecule has 8 heteroatoms. The summed E-state index contributed by atoms with van der Waals surface area (Å²) in [5.41, 5.74) is 6.95. The maximum absolute atomic E-state index is 6.24. The summed E-state index contributed by atoms with van der Waals surface area (Å²) in [6, 6.07) is 0.537. The summed E-state index contributed by atoms with van der Waals surface area (Å²) in [6.45, 7) is 0. The first-order chi connectivity index (χ1) is 11.1. The minimum Gasteiger partial charge on any atom is -0.366 e. The Kier molecular flexibility index (Phi) is 4.97. The van der Waals surface area contributed by atoms with Gasteiger partial charge in [0.25, 0.3) is 0 Å². The van der Waals surface area contributed by atoms with E-state index in [1.165, 1.54) is 12.8 Å². The van der Waals surface area contributed by atoms with Crippen molar-refractivity contribution >= 4 is 29.1 Å². The van der Waals surface area contributed by atoms with Gasteiger partial charge in [-0.2, -0.15) is 10.1 Å². The number of halogens is 1. The molecule has 0 aromatic carbocycles. The maximum atomic E-state index is 6.24. The van der Waals surface area contributed by atoms with E-state index in [0.717, 1.165) is 24.9 Å². The van der Waals surface area contributed by atoms with E-state index in [9.17, 15) is 0 Å². The Balaban J connectivity index is 1.72. The Bertz CT molecular complexity index is 657. The second kappa shape index (κ2) is 7.14. The van der Waals surface area contributed by atoms with Crippen molar-refractivity contribution in [2.24, 2.45) is 12.8 Å². The molecule has 2 atom stereocenters. The van der Waals surface area contributed by atoms with E-state index in [0.29, 0.717) is 22.8 Å². The maximum Gasteiger partial charge on any atom is 0.229 e. The first-order valence-corrected chi connectivity index (χ1v) is 8.28. The van der Waals surface area contributed by atoms with Gasteiger partial charge in [0.1, 0.15) is 5.02 Å². The van der Waals surface area contributed by atoms with E-state index < -0.39 is 0 Å². The molecule has 124 valence electrons. The number of aromatic nitrogens is 4. The smallest absolute Gasteiger partial charge is 0.229 e. The molecule has 23 heavy (non-hydrogen) atoms. The number of aryl methyl sites for hydroxylation is 1. The van der Waals surface area contributed by atoms with Crippen molar-refractivity contribution < 1.29 is 0 Å². The van der Waals surface area contributed by atoms with Crippen LogP contribution in [0.25, 0.3) is 0 Å². The Morgan fingerprint density at radius 2 is 2.13 bits per heavy atom. The van der Waals surface area contributed by atoms with Crippen LogP contribution in [0.4, 0.5) is 17.5 Å². The number of hydrogen-bond donors (Lipinski definition) is 3. The van der Waals surface area contributed by atoms with Gasteiger partial charge in [0.05, 0.1) is 18.1 Å². The molecule has 0 aliphatic heterocycles. The van der Waals surface area contributed by atoms with Crippen molar-refractivity contribution in [3.8, 4) is 0 Å². The van der Waals surface area contributed by atoms with Crippen molar-refractivity contribution in [3.63, 3.8) is 0 Å². The molecule has 7 nitrogen and oxygen atoms in total. The summed E-state index contributed by atoms with van der Waals surface area (Å²) < 4.78 is 1.71. The van der Waals surface area contributed by atoms with Gasteiger partial charge in [-0.1, -0.05) is 24.4 Å². The van der Waals surface area contributed by atoms with Crippen LogP contribution in [0.5, 0.6) is 0 Å². The molecule has 0 spiro atoms. The molecule has 1 aliphatic carbocycles. The normalized spacial score (nSPS) is 21.7. The lowest BCUT2D eigenvalue weighted by atomic mass is 10.1. The average Bonchev–Trinajstić information content (AvgIpc) is 2.80. The van der Waals surface area contributed by atoms with Crippen LogP contribution in [-0.4, -0.2) is 31.8 Å². The number of nitrogens with one attached hydrogen (secondary N) is 2. The Labute approximate surface area is 140 Å². The highest BCUT2D eigenvalue weighted by Gasteiger charge is 2.19. The largest absolute Gasteiger partial charge is 0.366 e. The van der Waals surface area contributed by atoms with Gasteiger partial charge >= 0.3 is 0 Å². The predicted octanol–water partition coefficient (Wildman–Crippen LogP) is 2.68. The van der Waals surface area contributed by atoms with Gasteiger partial charge in [0.15, 0.2) is 5.82 Å². The molecule has 0 amide bonds. The molecule has 0 radical (unpaired) electrons. The van der Waals surface area contributed by atoms with Crippen molar-refractivity contribution in [2.45, 2.75) is 44.2 Å². The topological polar surface area (TPSA) is 93.7 Å². The fourth-order valence-corrected chi connectivity index (χ4v) is 3.01. The summed E-state index contributed by atoms with van der Waals surface area (Å²) in [4.78, 5) is 8.70. The Morgan fingerprint density at radius 1 is 1.30 bits per heavy atom. The van der Waals surface area contributed by atoms with E-state index in [-0.39, 0.29) is 6.04 Å². The van der Waals surface area contributed by atoms with Gasteiger partial charge < -0.3 is 16.4 Å². The second-order valence-corrected chi connectivity index (χ2v) is 6.45. The van der Waals surface area contributed by atoms with Gasteiger partial charge in [-0.05, 0) is 19.3 Å². The van der Waals surface area contributed by atoms with E-state index in [4.69, 9.17) is 17.3 Å². The van der Waals surface area contributed by atoms with Crippen molar-refractivity contribution in [1.82, 2.24) is 19.7 Å². The van der Waals surface area contributed by atoms with Crippen LogP contribution in [0.15, 0.2) is 18.6 Å². The van der Waals surface area contributed by atoms with E-state index in [1.807, 2.05) is 13.2 Å². The predicted molar refractivity (Wildman–Crippen MR) is 92.0 cm³/mol. The zero-order valence-electron chi connectivity index (χ0n) is 13.2. The molecular weight excluding hydrogens is 314 g/mol. The summed E-state index contributed by atoms with van der Waals surface area (Å²) >= 11 is 6.24. The van der Waals surface area contributed by atoms with Crippen molar-refractivity contribution in [1.29, 1.82) is 0 Å². The number of nitrogens with zero attached hydrogens (tertiary/aromatic N) is 4. The average molecular weight is 336 g/mol. The van der Waals surface area contributed by atoms with E-state index >= 15 is 0 Å². The monoisotopic (exact) mass is 335 g/mol. The number of nitrogens with two attached hydrogens (primary N) is 1. The molecule has 3 rings (SSSR count). The lowest BCUT2D eigenvalue weighted by Crippen LogP contribution is -2.29. The molecule has 1 unspecified atom stereocenters. The summed E-state index contributed by atoms with van der Waals surface area (Å²) in [5.74, 6) is 1.13. The highest BCUT2D eigenvalue weighted by Crippen LogP contribution is 2.25. The van der Waals surface area contributed by atoms with Crippen LogP contribution < -0.4 is 16.4 Å². The lowest BCUT2D eigenvalue weighted by Gasteiger charge is -2.20. The highest BCUT2D eigenvalue weighted by molar-refractivity contribution is 6.32. The van der Waals surface area contributed by atoms with Gasteiger partial charge in [-0.25, -0.2) is 4.98 Å². The summed E-state index contributed by atoms with van der Waals surface area (Å²) in [5, 5.41) is 11.2. The van der Waals surface area contributed by atoms with Gasteiger partial charge in [0, 0.05) is 25.3 Å². The third kappa shape index (κ3) is 4.33. The minimum absolute atomic E-state index is 0.239. The Hall–Kier alpha value is -1.86. The fraction of sp³-hybridized carbons (Fsp3) is 0.533. The number of anilines is 3. The number of rotatable bonds is 4. The van der Waals surface area contributed by atoms with Crippen molar-refractivity contribution in [2.75, 3.05) is 10.6 Å². The number of hydrogen-bond acceptors (Lipinski definition) is 6. The van der Waals surface area contributed by atoms with Crippen LogP contribution in [0.3, 0.4) is 0 Å². The first-order valence-electron chi connectivity index (χ1n) is 7.90. The van der Waals surface area contributed by atoms with Crippen LogP contribution in [0.1, 0.15) is 32.1 Å². The third-order valence-electron chi connectivity index (χ3n) is 4.01. The quantitative estimate of drug-likeness (QED) is 0.744.